The normalized spacial score (nSPS) is 20.6. The summed E-state index contributed by atoms with van der Waals surface area (Å²) in [5.41, 5.74) is 1.11. The van der Waals surface area contributed by atoms with E-state index in [9.17, 15) is 4.79 Å². The zero-order valence-corrected chi connectivity index (χ0v) is 11.3. The molecule has 0 saturated carbocycles. The Morgan fingerprint density at radius 2 is 2.41 bits per heavy atom. The van der Waals surface area contributed by atoms with E-state index in [1.807, 2.05) is 25.4 Å². The lowest BCUT2D eigenvalue weighted by molar-refractivity contribution is 0.0619. The predicted molar refractivity (Wildman–Crippen MR) is 71.7 cm³/mol. The Labute approximate surface area is 107 Å². The van der Waals surface area contributed by atoms with E-state index in [4.69, 9.17) is 0 Å². The van der Waals surface area contributed by atoms with Crippen LogP contribution in [0, 0.1) is 6.92 Å². The first kappa shape index (κ1) is 12.6. The lowest BCUT2D eigenvalue weighted by Gasteiger charge is -2.35. The number of aryl methyl sites for hydroxylation is 1. The van der Waals surface area contributed by atoms with Crippen molar-refractivity contribution >= 4 is 17.2 Å². The Morgan fingerprint density at radius 1 is 1.59 bits per heavy atom. The molecular weight excluding hydrogens is 232 g/mol. The molecule has 4 heteroatoms. The highest BCUT2D eigenvalue weighted by Gasteiger charge is 2.28. The van der Waals surface area contributed by atoms with Crippen LogP contribution >= 0.6 is 11.3 Å². The fourth-order valence-corrected chi connectivity index (χ4v) is 3.32. The van der Waals surface area contributed by atoms with Crippen molar-refractivity contribution in [1.82, 2.24) is 10.2 Å². The first-order chi connectivity index (χ1) is 8.24. The van der Waals surface area contributed by atoms with Crippen LogP contribution in [0.3, 0.4) is 0 Å². The molecular formula is C13H20N2OS. The zero-order valence-electron chi connectivity index (χ0n) is 10.5. The van der Waals surface area contributed by atoms with Crippen LogP contribution in [0.2, 0.25) is 0 Å². The quantitative estimate of drug-likeness (QED) is 0.895. The molecule has 1 N–H and O–H groups in total. The molecule has 1 amide bonds. The molecule has 1 aliphatic rings. The summed E-state index contributed by atoms with van der Waals surface area (Å²) < 4.78 is 0. The molecule has 1 fully saturated rings. The number of nitrogens with one attached hydrogen (secondary N) is 1. The molecule has 1 aromatic rings. The van der Waals surface area contributed by atoms with Gasteiger partial charge in [0.2, 0.25) is 0 Å². The highest BCUT2D eigenvalue weighted by molar-refractivity contribution is 7.12. The van der Waals surface area contributed by atoms with Gasteiger partial charge in [0.25, 0.3) is 5.91 Å². The Bertz CT molecular complexity index is 387. The van der Waals surface area contributed by atoms with Gasteiger partial charge in [-0.1, -0.05) is 0 Å². The number of hydrogen-bond acceptors (Lipinski definition) is 3. The molecule has 1 aliphatic heterocycles. The minimum atomic E-state index is 0.220. The number of hydrogen-bond donors (Lipinski definition) is 1. The number of carbonyl (C=O) groups excluding carboxylic acids is 1. The topological polar surface area (TPSA) is 32.3 Å². The van der Waals surface area contributed by atoms with Crippen LogP contribution in [0.1, 0.15) is 34.5 Å². The number of likely N-dealkylation sites (tertiary alicyclic amines) is 1. The highest BCUT2D eigenvalue weighted by atomic mass is 32.1. The molecule has 1 atom stereocenters. The van der Waals surface area contributed by atoms with E-state index in [1.165, 1.54) is 6.42 Å². The van der Waals surface area contributed by atoms with Crippen molar-refractivity contribution in [2.75, 3.05) is 20.1 Å². The SMILES string of the molecule is CNCC1CCCCN1C(=O)c1sccc1C. The van der Waals surface area contributed by atoms with Gasteiger partial charge in [0.05, 0.1) is 4.88 Å². The molecule has 2 rings (SSSR count). The standard InChI is InChI=1S/C13H20N2OS/c1-10-6-8-17-12(10)13(16)15-7-4-3-5-11(15)9-14-2/h6,8,11,14H,3-5,7,9H2,1-2H3. The van der Waals surface area contributed by atoms with Crippen molar-refractivity contribution in [2.24, 2.45) is 0 Å². The third-order valence-corrected chi connectivity index (χ3v) is 4.39. The van der Waals surface area contributed by atoms with E-state index in [-0.39, 0.29) is 5.91 Å². The lowest BCUT2D eigenvalue weighted by Crippen LogP contribution is -2.47. The zero-order chi connectivity index (χ0) is 12.3. The lowest BCUT2D eigenvalue weighted by atomic mass is 10.0. The van der Waals surface area contributed by atoms with Gasteiger partial charge in [0.15, 0.2) is 0 Å². The highest BCUT2D eigenvalue weighted by Crippen LogP contribution is 2.23. The Morgan fingerprint density at radius 3 is 3.06 bits per heavy atom. The van der Waals surface area contributed by atoms with Crippen molar-refractivity contribution in [1.29, 1.82) is 0 Å². The summed E-state index contributed by atoms with van der Waals surface area (Å²) >= 11 is 1.56. The van der Waals surface area contributed by atoms with Gasteiger partial charge >= 0.3 is 0 Å². The van der Waals surface area contributed by atoms with E-state index in [0.29, 0.717) is 6.04 Å². The summed E-state index contributed by atoms with van der Waals surface area (Å²) in [6.07, 6.45) is 3.49. The molecule has 17 heavy (non-hydrogen) atoms. The van der Waals surface area contributed by atoms with Gasteiger partial charge in [-0.2, -0.15) is 0 Å². The number of thiophene rings is 1. The van der Waals surface area contributed by atoms with E-state index in [2.05, 4.69) is 10.2 Å². The van der Waals surface area contributed by atoms with Crippen molar-refractivity contribution in [3.05, 3.63) is 21.9 Å². The number of piperidine rings is 1. The van der Waals surface area contributed by atoms with E-state index >= 15 is 0 Å². The summed E-state index contributed by atoms with van der Waals surface area (Å²) in [7, 11) is 1.95. The molecule has 2 heterocycles. The van der Waals surface area contributed by atoms with Crippen molar-refractivity contribution in [3.63, 3.8) is 0 Å². The maximum absolute atomic E-state index is 12.5. The molecule has 0 spiro atoms. The summed E-state index contributed by atoms with van der Waals surface area (Å²) in [6, 6.07) is 2.39. The minimum absolute atomic E-state index is 0.220. The summed E-state index contributed by atoms with van der Waals surface area (Å²) in [5.74, 6) is 0.220. The molecule has 1 unspecified atom stereocenters. The van der Waals surface area contributed by atoms with Crippen LogP contribution in [0.15, 0.2) is 11.4 Å². The summed E-state index contributed by atoms with van der Waals surface area (Å²) in [4.78, 5) is 15.4. The van der Waals surface area contributed by atoms with Crippen molar-refractivity contribution in [2.45, 2.75) is 32.2 Å². The number of amides is 1. The third-order valence-electron chi connectivity index (χ3n) is 3.38. The summed E-state index contributed by atoms with van der Waals surface area (Å²) in [5, 5.41) is 5.19. The van der Waals surface area contributed by atoms with E-state index in [1.54, 1.807) is 11.3 Å². The molecule has 3 nitrogen and oxygen atoms in total. The maximum atomic E-state index is 12.5. The minimum Gasteiger partial charge on any atom is -0.334 e. The van der Waals surface area contributed by atoms with E-state index < -0.39 is 0 Å². The van der Waals surface area contributed by atoms with Crippen molar-refractivity contribution < 1.29 is 4.79 Å². The van der Waals surface area contributed by atoms with Gasteiger partial charge in [-0.3, -0.25) is 4.79 Å². The molecule has 0 bridgehead atoms. The van der Waals surface area contributed by atoms with Gasteiger partial charge in [-0.05, 0) is 50.2 Å². The van der Waals surface area contributed by atoms with Gasteiger partial charge in [0, 0.05) is 19.1 Å². The molecule has 0 aliphatic carbocycles. The van der Waals surface area contributed by atoms with Crippen LogP contribution in [0.4, 0.5) is 0 Å². The van der Waals surface area contributed by atoms with Crippen molar-refractivity contribution in [3.8, 4) is 0 Å². The maximum Gasteiger partial charge on any atom is 0.264 e. The number of likely N-dealkylation sites (N-methyl/N-ethyl adjacent to an activating group) is 1. The average Bonchev–Trinajstić information content (AvgIpc) is 2.76. The van der Waals surface area contributed by atoms with Gasteiger partial charge < -0.3 is 10.2 Å². The first-order valence-corrected chi connectivity index (χ1v) is 7.11. The fourth-order valence-electron chi connectivity index (χ4n) is 2.44. The average molecular weight is 252 g/mol. The Hall–Kier alpha value is -0.870. The second-order valence-corrected chi connectivity index (χ2v) is 5.55. The Kier molecular flexibility index (Phi) is 4.18. The monoisotopic (exact) mass is 252 g/mol. The predicted octanol–water partition coefficient (Wildman–Crippen LogP) is 2.27. The molecule has 0 radical (unpaired) electrons. The smallest absolute Gasteiger partial charge is 0.264 e. The van der Waals surface area contributed by atoms with Crippen LogP contribution in [0.5, 0.6) is 0 Å². The second kappa shape index (κ2) is 5.65. The van der Waals surface area contributed by atoms with Crippen LogP contribution in [-0.4, -0.2) is 37.0 Å². The third kappa shape index (κ3) is 2.69. The van der Waals surface area contributed by atoms with Gasteiger partial charge in [-0.25, -0.2) is 0 Å². The van der Waals surface area contributed by atoms with Gasteiger partial charge in [-0.15, -0.1) is 11.3 Å². The molecule has 1 saturated heterocycles. The number of rotatable bonds is 3. The summed E-state index contributed by atoms with van der Waals surface area (Å²) in [6.45, 7) is 3.82. The molecule has 1 aromatic heterocycles. The largest absolute Gasteiger partial charge is 0.334 e. The van der Waals surface area contributed by atoms with Crippen LogP contribution in [-0.2, 0) is 0 Å². The number of carbonyl (C=O) groups is 1. The molecule has 94 valence electrons. The van der Waals surface area contributed by atoms with E-state index in [0.717, 1.165) is 36.4 Å². The van der Waals surface area contributed by atoms with Crippen LogP contribution < -0.4 is 5.32 Å². The number of nitrogens with zero attached hydrogens (tertiary/aromatic N) is 1. The Balaban J connectivity index is 2.14. The second-order valence-electron chi connectivity index (χ2n) is 4.64. The fraction of sp³-hybridized carbons (Fsp3) is 0.615. The molecule has 0 aromatic carbocycles. The first-order valence-electron chi connectivity index (χ1n) is 6.23. The van der Waals surface area contributed by atoms with Gasteiger partial charge in [0.1, 0.15) is 0 Å². The van der Waals surface area contributed by atoms with Crippen LogP contribution in [0.25, 0.3) is 0 Å².